The molecule has 0 aliphatic rings. The van der Waals surface area contributed by atoms with Crippen molar-refractivity contribution in [2.45, 2.75) is 0 Å². The number of hydrogen-bond donors (Lipinski definition) is 1. The first-order chi connectivity index (χ1) is 5.83. The molecule has 1 aromatic heterocycles. The average molecular weight is 181 g/mol. The summed E-state index contributed by atoms with van der Waals surface area (Å²) in [6.45, 7) is 0. The van der Waals surface area contributed by atoms with E-state index < -0.39 is 0 Å². The van der Waals surface area contributed by atoms with Gasteiger partial charge in [-0.1, -0.05) is 0 Å². The van der Waals surface area contributed by atoms with Gasteiger partial charge in [0.1, 0.15) is 5.82 Å². The fraction of sp³-hybridized carbons (Fsp3) is 0.111. The lowest BCUT2D eigenvalue weighted by Gasteiger charge is -2.02. The Morgan fingerprint density at radius 3 is 2.92 bits per heavy atom. The first-order valence-corrected chi connectivity index (χ1v) is 4.54. The summed E-state index contributed by atoms with van der Waals surface area (Å²) >= 11 is 1.62. The fourth-order valence-corrected chi connectivity index (χ4v) is 2.07. The molecule has 0 atom stereocenters. The van der Waals surface area contributed by atoms with Crippen molar-refractivity contribution in [1.82, 2.24) is 0 Å². The maximum Gasteiger partial charge on any atom is 0.146 e. The van der Waals surface area contributed by atoms with Crippen LogP contribution in [0.5, 0.6) is 0 Å². The van der Waals surface area contributed by atoms with Crippen LogP contribution in [-0.2, 0) is 0 Å². The van der Waals surface area contributed by atoms with Crippen LogP contribution in [0.15, 0.2) is 23.6 Å². The van der Waals surface area contributed by atoms with E-state index in [0.717, 1.165) is 10.1 Å². The molecule has 1 aromatic carbocycles. The molecule has 3 heteroatoms. The van der Waals surface area contributed by atoms with Crippen molar-refractivity contribution in [3.05, 3.63) is 29.4 Å². The summed E-state index contributed by atoms with van der Waals surface area (Å²) in [5.74, 6) is -0.191. The van der Waals surface area contributed by atoms with Crippen LogP contribution in [0, 0.1) is 5.82 Å². The summed E-state index contributed by atoms with van der Waals surface area (Å²) in [5, 5.41) is 5.78. The Morgan fingerprint density at radius 2 is 2.17 bits per heavy atom. The van der Waals surface area contributed by atoms with Crippen LogP contribution in [0.25, 0.3) is 10.1 Å². The molecule has 0 saturated carbocycles. The highest BCUT2D eigenvalue weighted by atomic mass is 32.1. The first-order valence-electron chi connectivity index (χ1n) is 3.66. The van der Waals surface area contributed by atoms with Crippen molar-refractivity contribution in [1.29, 1.82) is 0 Å². The number of anilines is 1. The molecule has 2 rings (SSSR count). The number of nitrogens with one attached hydrogen (secondary N) is 1. The molecule has 1 nitrogen and oxygen atoms in total. The van der Waals surface area contributed by atoms with Crippen LogP contribution < -0.4 is 5.32 Å². The van der Waals surface area contributed by atoms with E-state index in [1.54, 1.807) is 24.5 Å². The Kier molecular flexibility index (Phi) is 1.73. The van der Waals surface area contributed by atoms with Gasteiger partial charge in [-0.15, -0.1) is 11.3 Å². The summed E-state index contributed by atoms with van der Waals surface area (Å²) in [5.41, 5.74) is 0.591. The van der Waals surface area contributed by atoms with Crippen LogP contribution in [0.2, 0.25) is 0 Å². The minimum Gasteiger partial charge on any atom is -0.385 e. The molecule has 12 heavy (non-hydrogen) atoms. The van der Waals surface area contributed by atoms with Gasteiger partial charge in [-0.2, -0.15) is 0 Å². The number of rotatable bonds is 1. The van der Waals surface area contributed by atoms with E-state index in [2.05, 4.69) is 5.32 Å². The number of hydrogen-bond acceptors (Lipinski definition) is 2. The van der Waals surface area contributed by atoms with Gasteiger partial charge in [0.2, 0.25) is 0 Å². The Morgan fingerprint density at radius 1 is 1.33 bits per heavy atom. The van der Waals surface area contributed by atoms with Crippen LogP contribution in [0.1, 0.15) is 0 Å². The second-order valence-corrected chi connectivity index (χ2v) is 3.45. The van der Waals surface area contributed by atoms with E-state index in [9.17, 15) is 4.39 Å². The van der Waals surface area contributed by atoms with Gasteiger partial charge in [0, 0.05) is 17.1 Å². The van der Waals surface area contributed by atoms with Crippen molar-refractivity contribution in [2.24, 2.45) is 0 Å². The first kappa shape index (κ1) is 7.55. The summed E-state index contributed by atoms with van der Waals surface area (Å²) in [4.78, 5) is 0. The van der Waals surface area contributed by atoms with Gasteiger partial charge >= 0.3 is 0 Å². The number of thiophene rings is 1. The smallest absolute Gasteiger partial charge is 0.146 e. The predicted octanol–water partition coefficient (Wildman–Crippen LogP) is 3.08. The zero-order valence-electron chi connectivity index (χ0n) is 6.60. The third-order valence-electron chi connectivity index (χ3n) is 1.83. The summed E-state index contributed by atoms with van der Waals surface area (Å²) in [6.07, 6.45) is 0. The molecular formula is C9H8FNS. The molecule has 1 heterocycles. The summed E-state index contributed by atoms with van der Waals surface area (Å²) in [7, 11) is 1.73. The van der Waals surface area contributed by atoms with E-state index >= 15 is 0 Å². The number of fused-ring (bicyclic) bond motifs is 1. The Bertz CT molecular complexity index is 408. The van der Waals surface area contributed by atoms with Crippen molar-refractivity contribution < 1.29 is 4.39 Å². The summed E-state index contributed by atoms with van der Waals surface area (Å²) < 4.78 is 14.3. The van der Waals surface area contributed by atoms with E-state index in [-0.39, 0.29) is 5.82 Å². The molecule has 0 saturated heterocycles. The van der Waals surface area contributed by atoms with E-state index in [4.69, 9.17) is 0 Å². The second kappa shape index (κ2) is 2.75. The Balaban J connectivity index is 2.83. The van der Waals surface area contributed by atoms with Crippen LogP contribution in [0.3, 0.4) is 0 Å². The van der Waals surface area contributed by atoms with Crippen LogP contribution in [-0.4, -0.2) is 7.05 Å². The minimum absolute atomic E-state index is 0.191. The van der Waals surface area contributed by atoms with Gasteiger partial charge in [-0.25, -0.2) is 4.39 Å². The zero-order chi connectivity index (χ0) is 8.55. The van der Waals surface area contributed by atoms with Crippen molar-refractivity contribution in [3.63, 3.8) is 0 Å². The second-order valence-electron chi connectivity index (χ2n) is 2.50. The quantitative estimate of drug-likeness (QED) is 0.712. The minimum atomic E-state index is -0.191. The third kappa shape index (κ3) is 0.975. The standard InChI is InChI=1S/C9H8FNS/c1-11-9-6-4-5-12-8(6)3-2-7(9)10/h2-5,11H,1H3. The normalized spacial score (nSPS) is 10.5. The predicted molar refractivity (Wildman–Crippen MR) is 51.3 cm³/mol. The molecule has 1 N–H and O–H groups in total. The van der Waals surface area contributed by atoms with Crippen LogP contribution in [0.4, 0.5) is 10.1 Å². The molecular weight excluding hydrogens is 173 g/mol. The molecule has 0 unspecified atom stereocenters. The monoisotopic (exact) mass is 181 g/mol. The molecule has 0 aliphatic heterocycles. The maximum atomic E-state index is 13.1. The zero-order valence-corrected chi connectivity index (χ0v) is 7.41. The van der Waals surface area contributed by atoms with E-state index in [1.165, 1.54) is 6.07 Å². The topological polar surface area (TPSA) is 12.0 Å². The van der Waals surface area contributed by atoms with E-state index in [1.807, 2.05) is 11.4 Å². The summed E-state index contributed by atoms with van der Waals surface area (Å²) in [6, 6.07) is 5.22. The van der Waals surface area contributed by atoms with E-state index in [0.29, 0.717) is 5.69 Å². The SMILES string of the molecule is CNc1c(F)ccc2sccc12. The Labute approximate surface area is 73.8 Å². The van der Waals surface area contributed by atoms with Gasteiger partial charge in [0.25, 0.3) is 0 Å². The molecule has 0 amide bonds. The Hall–Kier alpha value is -1.09. The van der Waals surface area contributed by atoms with Gasteiger partial charge < -0.3 is 5.32 Å². The highest BCUT2D eigenvalue weighted by molar-refractivity contribution is 7.17. The lowest BCUT2D eigenvalue weighted by molar-refractivity contribution is 0.633. The van der Waals surface area contributed by atoms with Crippen LogP contribution >= 0.6 is 11.3 Å². The molecule has 0 radical (unpaired) electrons. The lowest BCUT2D eigenvalue weighted by Crippen LogP contribution is -1.91. The van der Waals surface area contributed by atoms with Crippen molar-refractivity contribution in [3.8, 4) is 0 Å². The number of benzene rings is 1. The highest BCUT2D eigenvalue weighted by Crippen LogP contribution is 2.29. The molecule has 0 spiro atoms. The molecule has 0 aliphatic carbocycles. The van der Waals surface area contributed by atoms with Gasteiger partial charge in [-0.05, 0) is 23.6 Å². The fourth-order valence-electron chi connectivity index (χ4n) is 1.27. The highest BCUT2D eigenvalue weighted by Gasteiger charge is 2.05. The third-order valence-corrected chi connectivity index (χ3v) is 2.72. The van der Waals surface area contributed by atoms with Crippen molar-refractivity contribution >= 4 is 27.1 Å². The largest absolute Gasteiger partial charge is 0.385 e. The maximum absolute atomic E-state index is 13.1. The molecule has 0 bridgehead atoms. The molecule has 62 valence electrons. The number of halogens is 1. The molecule has 2 aromatic rings. The van der Waals surface area contributed by atoms with Gasteiger partial charge in [-0.3, -0.25) is 0 Å². The van der Waals surface area contributed by atoms with Crippen molar-refractivity contribution in [2.75, 3.05) is 12.4 Å². The van der Waals surface area contributed by atoms with Gasteiger partial charge in [0.05, 0.1) is 5.69 Å². The average Bonchev–Trinajstić information content (AvgIpc) is 2.52. The lowest BCUT2D eigenvalue weighted by atomic mass is 10.2. The molecule has 0 fully saturated rings. The van der Waals surface area contributed by atoms with Gasteiger partial charge in [0.15, 0.2) is 0 Å².